The summed E-state index contributed by atoms with van der Waals surface area (Å²) in [5.74, 6) is 1.56. The van der Waals surface area contributed by atoms with E-state index in [1.807, 2.05) is 24.3 Å². The van der Waals surface area contributed by atoms with Crippen LogP contribution in [0.1, 0.15) is 30.5 Å². The Bertz CT molecular complexity index is 765. The predicted octanol–water partition coefficient (Wildman–Crippen LogP) is 5.28. The number of pyridine rings is 1. The number of hydrogen-bond donors (Lipinski definition) is 0. The maximum Gasteiger partial charge on any atom is 0.165 e. The highest BCUT2D eigenvalue weighted by atomic mass is 35.5. The molecule has 0 N–H and O–H groups in total. The van der Waals surface area contributed by atoms with Gasteiger partial charge in [0, 0.05) is 29.9 Å². The number of ether oxygens (including phenoxy) is 2. The average molecular weight is 350 g/mol. The van der Waals surface area contributed by atoms with Crippen molar-refractivity contribution in [3.05, 3.63) is 51.3 Å². The molecule has 0 aliphatic carbocycles. The topological polar surface area (TPSA) is 31.4 Å². The summed E-state index contributed by atoms with van der Waals surface area (Å²) in [5, 5.41) is 1.05. The molecule has 2 heterocycles. The summed E-state index contributed by atoms with van der Waals surface area (Å²) >= 11 is 12.3. The lowest BCUT2D eigenvalue weighted by atomic mass is 9.96. The summed E-state index contributed by atoms with van der Waals surface area (Å²) in [4.78, 5) is 3.96. The lowest BCUT2D eigenvalue weighted by Gasteiger charge is -2.17. The monoisotopic (exact) mass is 349 g/mol. The predicted molar refractivity (Wildman–Crippen MR) is 94.6 cm³/mol. The van der Waals surface area contributed by atoms with E-state index in [-0.39, 0.29) is 5.60 Å². The Morgan fingerprint density at radius 1 is 1.17 bits per heavy atom. The summed E-state index contributed by atoms with van der Waals surface area (Å²) in [6, 6.07) is 3.93. The van der Waals surface area contributed by atoms with Crippen LogP contribution in [0.5, 0.6) is 11.5 Å². The second-order valence-electron chi connectivity index (χ2n) is 6.05. The van der Waals surface area contributed by atoms with Crippen LogP contribution in [-0.2, 0) is 6.42 Å². The van der Waals surface area contributed by atoms with Crippen molar-refractivity contribution < 1.29 is 9.47 Å². The third kappa shape index (κ3) is 3.17. The standard InChI is InChI=1S/C18H17Cl2NO2/c1-18(2)8-13-11(5-7-16(22-3)17(13)23-18)4-6-12-14(19)9-21-10-15(12)20/h4-7,9-10H,8H2,1-3H3. The molecular formula is C18H17Cl2NO2. The highest BCUT2D eigenvalue weighted by Crippen LogP contribution is 2.44. The Hall–Kier alpha value is -1.71. The molecule has 3 rings (SSSR count). The minimum Gasteiger partial charge on any atom is -0.493 e. The quantitative estimate of drug-likeness (QED) is 0.755. The molecule has 1 aromatic heterocycles. The normalized spacial score (nSPS) is 15.5. The number of benzene rings is 1. The van der Waals surface area contributed by atoms with Crippen LogP contribution < -0.4 is 9.47 Å². The van der Waals surface area contributed by atoms with Gasteiger partial charge in [0.25, 0.3) is 0 Å². The van der Waals surface area contributed by atoms with Gasteiger partial charge in [-0.15, -0.1) is 0 Å². The van der Waals surface area contributed by atoms with Crippen molar-refractivity contribution in [2.24, 2.45) is 0 Å². The van der Waals surface area contributed by atoms with Gasteiger partial charge in [-0.25, -0.2) is 0 Å². The third-order valence-corrected chi connectivity index (χ3v) is 4.38. The first-order valence-electron chi connectivity index (χ1n) is 7.27. The number of nitrogens with zero attached hydrogens (tertiary/aromatic N) is 1. The maximum atomic E-state index is 6.16. The van der Waals surface area contributed by atoms with E-state index >= 15 is 0 Å². The molecule has 1 aliphatic rings. The fourth-order valence-electron chi connectivity index (χ4n) is 2.72. The molecule has 0 bridgehead atoms. The summed E-state index contributed by atoms with van der Waals surface area (Å²) in [5.41, 5.74) is 2.71. The SMILES string of the molecule is COc1ccc(C=Cc2c(Cl)cncc2Cl)c2c1OC(C)(C)C2. The zero-order valence-electron chi connectivity index (χ0n) is 13.2. The van der Waals surface area contributed by atoms with Gasteiger partial charge in [0.1, 0.15) is 5.60 Å². The van der Waals surface area contributed by atoms with Crippen molar-refractivity contribution >= 4 is 35.4 Å². The lowest BCUT2D eigenvalue weighted by Crippen LogP contribution is -2.24. The Kier molecular flexibility index (Phi) is 4.26. The summed E-state index contributed by atoms with van der Waals surface area (Å²) < 4.78 is 11.4. The second-order valence-corrected chi connectivity index (χ2v) is 6.87. The Labute approximate surface area is 145 Å². The fourth-order valence-corrected chi connectivity index (χ4v) is 3.22. The van der Waals surface area contributed by atoms with Crippen molar-refractivity contribution in [1.29, 1.82) is 0 Å². The zero-order chi connectivity index (χ0) is 16.6. The Morgan fingerprint density at radius 3 is 2.52 bits per heavy atom. The first-order valence-corrected chi connectivity index (χ1v) is 8.03. The van der Waals surface area contributed by atoms with Crippen molar-refractivity contribution in [2.45, 2.75) is 25.9 Å². The van der Waals surface area contributed by atoms with E-state index in [0.717, 1.165) is 34.6 Å². The van der Waals surface area contributed by atoms with Gasteiger partial charge in [-0.1, -0.05) is 41.4 Å². The summed E-state index contributed by atoms with van der Waals surface area (Å²) in [7, 11) is 1.65. The van der Waals surface area contributed by atoms with E-state index in [1.54, 1.807) is 19.5 Å². The van der Waals surface area contributed by atoms with E-state index < -0.39 is 0 Å². The van der Waals surface area contributed by atoms with Gasteiger partial charge in [0.15, 0.2) is 11.5 Å². The molecule has 2 aromatic rings. The average Bonchev–Trinajstić information content (AvgIpc) is 2.82. The maximum absolute atomic E-state index is 6.16. The molecule has 23 heavy (non-hydrogen) atoms. The minimum atomic E-state index is -0.245. The summed E-state index contributed by atoms with van der Waals surface area (Å²) in [6.07, 6.45) is 7.88. The van der Waals surface area contributed by atoms with Gasteiger partial charge < -0.3 is 9.47 Å². The van der Waals surface area contributed by atoms with Crippen LogP contribution in [0.25, 0.3) is 12.2 Å². The molecule has 0 unspecified atom stereocenters. The molecule has 0 saturated heterocycles. The van der Waals surface area contributed by atoms with Crippen molar-refractivity contribution in [3.63, 3.8) is 0 Å². The number of hydrogen-bond acceptors (Lipinski definition) is 3. The molecule has 0 radical (unpaired) electrons. The van der Waals surface area contributed by atoms with E-state index in [1.165, 1.54) is 0 Å². The first kappa shape index (κ1) is 16.2. The molecule has 120 valence electrons. The van der Waals surface area contributed by atoms with Gasteiger partial charge in [-0.05, 0) is 25.5 Å². The van der Waals surface area contributed by atoms with Crippen molar-refractivity contribution in [2.75, 3.05) is 7.11 Å². The highest BCUT2D eigenvalue weighted by molar-refractivity contribution is 6.37. The molecule has 3 nitrogen and oxygen atoms in total. The van der Waals surface area contributed by atoms with Crippen LogP contribution in [0.3, 0.4) is 0 Å². The number of fused-ring (bicyclic) bond motifs is 1. The van der Waals surface area contributed by atoms with Gasteiger partial charge in [-0.3, -0.25) is 4.98 Å². The molecule has 0 fully saturated rings. The van der Waals surface area contributed by atoms with E-state index in [2.05, 4.69) is 18.8 Å². The zero-order valence-corrected chi connectivity index (χ0v) is 14.7. The van der Waals surface area contributed by atoms with Gasteiger partial charge >= 0.3 is 0 Å². The van der Waals surface area contributed by atoms with Crippen LogP contribution >= 0.6 is 23.2 Å². The van der Waals surface area contributed by atoms with Crippen LogP contribution in [0, 0.1) is 0 Å². The van der Waals surface area contributed by atoms with Gasteiger partial charge in [0.05, 0.1) is 17.2 Å². The van der Waals surface area contributed by atoms with Gasteiger partial charge in [-0.2, -0.15) is 0 Å². The number of methoxy groups -OCH3 is 1. The van der Waals surface area contributed by atoms with Crippen LogP contribution in [-0.4, -0.2) is 17.7 Å². The minimum absolute atomic E-state index is 0.245. The number of halogens is 2. The lowest BCUT2D eigenvalue weighted by molar-refractivity contribution is 0.134. The molecule has 5 heteroatoms. The third-order valence-electron chi connectivity index (χ3n) is 3.78. The Balaban J connectivity index is 2.03. The van der Waals surface area contributed by atoms with E-state index in [4.69, 9.17) is 32.7 Å². The summed E-state index contributed by atoms with van der Waals surface area (Å²) in [6.45, 7) is 4.13. The molecule has 0 atom stereocenters. The van der Waals surface area contributed by atoms with Crippen LogP contribution in [0.2, 0.25) is 10.0 Å². The molecule has 1 aliphatic heterocycles. The van der Waals surface area contributed by atoms with Crippen molar-refractivity contribution in [1.82, 2.24) is 4.98 Å². The highest BCUT2D eigenvalue weighted by Gasteiger charge is 2.33. The molecule has 0 amide bonds. The molecule has 0 saturated carbocycles. The van der Waals surface area contributed by atoms with Crippen molar-refractivity contribution in [3.8, 4) is 11.5 Å². The number of aromatic nitrogens is 1. The van der Waals surface area contributed by atoms with Crippen LogP contribution in [0.15, 0.2) is 24.5 Å². The molecule has 0 spiro atoms. The van der Waals surface area contributed by atoms with E-state index in [9.17, 15) is 0 Å². The smallest absolute Gasteiger partial charge is 0.165 e. The first-order chi connectivity index (χ1) is 10.9. The fraction of sp³-hybridized carbons (Fsp3) is 0.278. The van der Waals surface area contributed by atoms with E-state index in [0.29, 0.717) is 10.0 Å². The number of rotatable bonds is 3. The van der Waals surface area contributed by atoms with Crippen LogP contribution in [0.4, 0.5) is 0 Å². The largest absolute Gasteiger partial charge is 0.493 e. The molecular weight excluding hydrogens is 333 g/mol. The Morgan fingerprint density at radius 2 is 1.87 bits per heavy atom. The second kappa shape index (κ2) is 6.06. The van der Waals surface area contributed by atoms with Gasteiger partial charge in [0.2, 0.25) is 0 Å². The molecule has 1 aromatic carbocycles.